The molecule has 1 aliphatic heterocycles. The highest BCUT2D eigenvalue weighted by molar-refractivity contribution is 7.99. The van der Waals surface area contributed by atoms with Crippen LogP contribution in [-0.2, 0) is 4.79 Å². The molecule has 0 bridgehead atoms. The third-order valence-electron chi connectivity index (χ3n) is 3.42. The van der Waals surface area contributed by atoms with E-state index in [9.17, 15) is 4.79 Å². The number of carboxylic acid groups (broad SMARTS) is 1. The number of hydrogen-bond donors (Lipinski definition) is 1. The summed E-state index contributed by atoms with van der Waals surface area (Å²) >= 11 is 1.90. The second kappa shape index (κ2) is 6.11. The van der Waals surface area contributed by atoms with Crippen LogP contribution in [0.1, 0.15) is 57.8 Å². The normalized spacial score (nSPS) is 21.1. The van der Waals surface area contributed by atoms with Gasteiger partial charge in [0.15, 0.2) is 5.82 Å². The molecule has 112 valence electrons. The van der Waals surface area contributed by atoms with Crippen molar-refractivity contribution in [3.63, 3.8) is 0 Å². The fraction of sp³-hybridized carbons (Fsp3) is 0.846. The van der Waals surface area contributed by atoms with Crippen molar-refractivity contribution >= 4 is 17.7 Å². The molecular weight excluding hydrogens is 276 g/mol. The second-order valence-corrected chi connectivity index (χ2v) is 7.71. The van der Waals surface area contributed by atoms with E-state index < -0.39 is 5.97 Å². The monoisotopic (exact) mass is 298 g/mol. The quantitative estimate of drug-likeness (QED) is 0.898. The lowest BCUT2D eigenvalue weighted by Crippen LogP contribution is -2.24. The van der Waals surface area contributed by atoms with Crippen LogP contribution < -0.4 is 0 Å². The fourth-order valence-corrected chi connectivity index (χ4v) is 3.84. The zero-order chi connectivity index (χ0) is 14.8. The maximum atomic E-state index is 11.1. The van der Waals surface area contributed by atoms with Gasteiger partial charge in [0.25, 0.3) is 0 Å². The van der Waals surface area contributed by atoms with Crippen molar-refractivity contribution in [2.45, 2.75) is 52.0 Å². The van der Waals surface area contributed by atoms with Gasteiger partial charge < -0.3 is 5.11 Å². The van der Waals surface area contributed by atoms with E-state index in [0.717, 1.165) is 30.2 Å². The molecule has 2 heterocycles. The van der Waals surface area contributed by atoms with Gasteiger partial charge in [0.1, 0.15) is 0 Å². The Hall–Kier alpha value is -1.11. The third kappa shape index (κ3) is 3.94. The number of rotatable bonds is 5. The van der Waals surface area contributed by atoms with Gasteiger partial charge in [0.05, 0.1) is 12.5 Å². The van der Waals surface area contributed by atoms with E-state index in [1.54, 1.807) is 4.68 Å². The van der Waals surface area contributed by atoms with Crippen LogP contribution in [0.4, 0.5) is 0 Å². The highest BCUT2D eigenvalue weighted by Gasteiger charge is 2.30. The van der Waals surface area contributed by atoms with E-state index in [2.05, 4.69) is 36.3 Å². The Labute approximate surface area is 123 Å². The smallest absolute Gasteiger partial charge is 0.305 e. The van der Waals surface area contributed by atoms with E-state index >= 15 is 0 Å². The molecule has 7 heteroatoms. The van der Waals surface area contributed by atoms with Crippen LogP contribution >= 0.6 is 11.8 Å². The summed E-state index contributed by atoms with van der Waals surface area (Å²) in [5.41, 5.74) is 0.0355. The molecule has 2 unspecified atom stereocenters. The van der Waals surface area contributed by atoms with Gasteiger partial charge in [-0.1, -0.05) is 20.8 Å². The van der Waals surface area contributed by atoms with Crippen molar-refractivity contribution in [2.24, 2.45) is 5.41 Å². The molecule has 0 spiro atoms. The molecule has 1 fully saturated rings. The van der Waals surface area contributed by atoms with Crippen molar-refractivity contribution in [1.82, 2.24) is 20.2 Å². The zero-order valence-corrected chi connectivity index (χ0v) is 13.1. The molecule has 0 saturated carbocycles. The Morgan fingerprint density at radius 1 is 1.55 bits per heavy atom. The summed E-state index contributed by atoms with van der Waals surface area (Å²) in [6, 6.07) is -0.178. The average molecular weight is 298 g/mol. The van der Waals surface area contributed by atoms with Crippen LogP contribution in [-0.4, -0.2) is 42.8 Å². The molecule has 1 aromatic rings. The Morgan fingerprint density at radius 2 is 2.30 bits per heavy atom. The lowest BCUT2D eigenvalue weighted by atomic mass is 9.87. The molecule has 1 aliphatic rings. The number of tetrazole rings is 1. The molecule has 0 radical (unpaired) electrons. The first-order chi connectivity index (χ1) is 9.37. The Morgan fingerprint density at radius 3 is 2.85 bits per heavy atom. The highest BCUT2D eigenvalue weighted by Crippen LogP contribution is 2.35. The molecule has 20 heavy (non-hydrogen) atoms. The first-order valence-electron chi connectivity index (χ1n) is 6.94. The van der Waals surface area contributed by atoms with E-state index in [-0.39, 0.29) is 17.9 Å². The Balaban J connectivity index is 2.23. The van der Waals surface area contributed by atoms with Crippen LogP contribution in [0.15, 0.2) is 0 Å². The maximum Gasteiger partial charge on any atom is 0.305 e. The molecule has 6 nitrogen and oxygen atoms in total. The highest BCUT2D eigenvalue weighted by atomic mass is 32.2. The van der Waals surface area contributed by atoms with Crippen molar-refractivity contribution in [3.05, 3.63) is 5.82 Å². The molecule has 1 aromatic heterocycles. The lowest BCUT2D eigenvalue weighted by Gasteiger charge is -2.26. The van der Waals surface area contributed by atoms with E-state index in [1.165, 1.54) is 0 Å². The minimum Gasteiger partial charge on any atom is -0.481 e. The van der Waals surface area contributed by atoms with Gasteiger partial charge in [0, 0.05) is 11.7 Å². The van der Waals surface area contributed by atoms with Crippen molar-refractivity contribution < 1.29 is 9.90 Å². The third-order valence-corrected chi connectivity index (χ3v) is 4.58. The van der Waals surface area contributed by atoms with Crippen molar-refractivity contribution in [2.75, 3.05) is 11.5 Å². The van der Waals surface area contributed by atoms with Crippen molar-refractivity contribution in [1.29, 1.82) is 0 Å². The molecule has 0 aliphatic carbocycles. The lowest BCUT2D eigenvalue weighted by molar-refractivity contribution is -0.138. The molecule has 2 atom stereocenters. The molecule has 0 aromatic carbocycles. The SMILES string of the molecule is CC(C)(C)CC(CC(=O)O)n1nnnc1C1CCSC1. The van der Waals surface area contributed by atoms with E-state index in [4.69, 9.17) is 5.11 Å². The van der Waals surface area contributed by atoms with Gasteiger partial charge in [0.2, 0.25) is 0 Å². The Kier molecular flexibility index (Phi) is 4.67. The molecule has 0 amide bonds. The standard InChI is InChI=1S/C13H22N4O2S/c1-13(2,3)7-10(6-11(18)19)17-12(14-15-16-17)9-4-5-20-8-9/h9-10H,4-8H2,1-3H3,(H,18,19). The molecule has 1 N–H and O–H groups in total. The van der Waals surface area contributed by atoms with E-state index in [1.807, 2.05) is 11.8 Å². The summed E-state index contributed by atoms with van der Waals surface area (Å²) in [6.07, 6.45) is 1.88. The number of thioether (sulfide) groups is 1. The Bertz CT molecular complexity index is 463. The van der Waals surface area contributed by atoms with Crippen LogP contribution in [0.2, 0.25) is 0 Å². The molecule has 2 rings (SSSR count). The van der Waals surface area contributed by atoms with Crippen LogP contribution in [0, 0.1) is 5.41 Å². The number of hydrogen-bond acceptors (Lipinski definition) is 5. The van der Waals surface area contributed by atoms with Gasteiger partial charge in [-0.3, -0.25) is 4.79 Å². The van der Waals surface area contributed by atoms with Crippen LogP contribution in [0.3, 0.4) is 0 Å². The summed E-state index contributed by atoms with van der Waals surface area (Å²) in [4.78, 5) is 11.1. The van der Waals surface area contributed by atoms with Gasteiger partial charge in [-0.25, -0.2) is 4.68 Å². The van der Waals surface area contributed by atoms with Gasteiger partial charge in [-0.05, 0) is 34.4 Å². The van der Waals surface area contributed by atoms with Crippen LogP contribution in [0.5, 0.6) is 0 Å². The van der Waals surface area contributed by atoms with Gasteiger partial charge >= 0.3 is 5.97 Å². The zero-order valence-electron chi connectivity index (χ0n) is 12.2. The van der Waals surface area contributed by atoms with Gasteiger partial charge in [-0.15, -0.1) is 5.10 Å². The predicted octanol–water partition coefficient (Wildman–Crippen LogP) is 2.35. The molecule has 1 saturated heterocycles. The topological polar surface area (TPSA) is 80.9 Å². The summed E-state index contributed by atoms with van der Waals surface area (Å²) < 4.78 is 1.76. The number of aliphatic carboxylic acids is 1. The maximum absolute atomic E-state index is 11.1. The molecular formula is C13H22N4O2S. The average Bonchev–Trinajstić information content (AvgIpc) is 2.96. The largest absolute Gasteiger partial charge is 0.481 e. The number of aromatic nitrogens is 4. The fourth-order valence-electron chi connectivity index (χ4n) is 2.62. The number of carboxylic acids is 1. The summed E-state index contributed by atoms with van der Waals surface area (Å²) in [6.45, 7) is 6.33. The minimum atomic E-state index is -0.804. The van der Waals surface area contributed by atoms with Gasteiger partial charge in [-0.2, -0.15) is 11.8 Å². The summed E-state index contributed by atoms with van der Waals surface area (Å²) in [5.74, 6) is 2.55. The number of carbonyl (C=O) groups is 1. The second-order valence-electron chi connectivity index (χ2n) is 6.56. The summed E-state index contributed by atoms with van der Waals surface area (Å²) in [5, 5.41) is 21.2. The first kappa shape index (κ1) is 15.3. The van der Waals surface area contributed by atoms with Crippen molar-refractivity contribution in [3.8, 4) is 0 Å². The van der Waals surface area contributed by atoms with E-state index in [0.29, 0.717) is 5.92 Å². The number of nitrogens with zero attached hydrogens (tertiary/aromatic N) is 4. The predicted molar refractivity (Wildman–Crippen MR) is 77.9 cm³/mol. The first-order valence-corrected chi connectivity index (χ1v) is 8.09. The minimum absolute atomic E-state index is 0.0355. The van der Waals surface area contributed by atoms with Crippen LogP contribution in [0.25, 0.3) is 0 Å². The summed E-state index contributed by atoms with van der Waals surface area (Å²) in [7, 11) is 0.